The van der Waals surface area contributed by atoms with Crippen molar-refractivity contribution in [2.45, 2.75) is 19.8 Å². The molecule has 1 aromatic carbocycles. The number of nitro groups is 1. The predicted octanol–water partition coefficient (Wildman–Crippen LogP) is 3.07. The molecule has 1 rings (SSSR count). The minimum atomic E-state index is -0.629. The lowest BCUT2D eigenvalue weighted by Gasteiger charge is -2.11. The zero-order chi connectivity index (χ0) is 12.1. The van der Waals surface area contributed by atoms with E-state index in [-0.39, 0.29) is 11.4 Å². The average Bonchev–Trinajstić information content (AvgIpc) is 2.27. The summed E-state index contributed by atoms with van der Waals surface area (Å²) in [5.74, 6) is -0.300. The third-order valence-electron chi connectivity index (χ3n) is 2.27. The van der Waals surface area contributed by atoms with E-state index in [1.807, 2.05) is 0 Å². The molecule has 0 saturated heterocycles. The normalized spacial score (nSPS) is 12.2. The van der Waals surface area contributed by atoms with Crippen molar-refractivity contribution in [1.29, 1.82) is 0 Å². The second kappa shape index (κ2) is 5.44. The second-order valence-corrected chi connectivity index (χ2v) is 3.44. The first kappa shape index (κ1) is 12.4. The van der Waals surface area contributed by atoms with Crippen LogP contribution < -0.4 is 4.74 Å². The van der Waals surface area contributed by atoms with Crippen LogP contribution in [0.4, 0.5) is 10.1 Å². The number of nitro benzene ring substituents is 1. The molecule has 0 saturated carbocycles. The van der Waals surface area contributed by atoms with Crippen LogP contribution in [0, 0.1) is 10.1 Å². The smallest absolute Gasteiger partial charge is 0.314 e. The summed E-state index contributed by atoms with van der Waals surface area (Å²) >= 11 is 0. The summed E-state index contributed by atoms with van der Waals surface area (Å²) in [5.41, 5.74) is 0.243. The third kappa shape index (κ3) is 2.48. The Morgan fingerprint density at radius 2 is 2.25 bits per heavy atom. The highest BCUT2D eigenvalue weighted by Crippen LogP contribution is 2.35. The average molecular weight is 227 g/mol. The van der Waals surface area contributed by atoms with Gasteiger partial charge in [0.15, 0.2) is 5.75 Å². The first-order valence-electron chi connectivity index (χ1n) is 5.07. The minimum Gasteiger partial charge on any atom is -0.487 e. The maximum Gasteiger partial charge on any atom is 0.314 e. The Labute approximate surface area is 93.2 Å². The fourth-order valence-electron chi connectivity index (χ4n) is 1.49. The molecule has 0 bridgehead atoms. The molecule has 1 aromatic rings. The number of para-hydroxylation sites is 1. The second-order valence-electron chi connectivity index (χ2n) is 3.44. The monoisotopic (exact) mass is 227 g/mol. The van der Waals surface area contributed by atoms with Crippen molar-refractivity contribution in [1.82, 2.24) is 0 Å². The number of ether oxygens (including phenoxy) is 1. The Bertz CT molecular complexity index is 381. The van der Waals surface area contributed by atoms with Crippen LogP contribution in [0.5, 0.6) is 5.75 Å². The number of hydrogen-bond acceptors (Lipinski definition) is 3. The highest BCUT2D eigenvalue weighted by Gasteiger charge is 2.24. The Morgan fingerprint density at radius 1 is 1.56 bits per heavy atom. The molecule has 0 heterocycles. The fraction of sp³-hybridized carbons (Fsp3) is 0.455. The van der Waals surface area contributed by atoms with E-state index in [2.05, 4.69) is 0 Å². The van der Waals surface area contributed by atoms with Gasteiger partial charge >= 0.3 is 5.69 Å². The molecule has 1 atom stereocenters. The summed E-state index contributed by atoms with van der Waals surface area (Å²) < 4.78 is 17.7. The molecule has 0 N–H and O–H groups in total. The van der Waals surface area contributed by atoms with Gasteiger partial charge < -0.3 is 4.74 Å². The van der Waals surface area contributed by atoms with Crippen molar-refractivity contribution in [2.24, 2.45) is 0 Å². The van der Waals surface area contributed by atoms with Gasteiger partial charge in [-0.3, -0.25) is 14.5 Å². The molecule has 0 aromatic heterocycles. The predicted molar refractivity (Wildman–Crippen MR) is 58.7 cm³/mol. The van der Waals surface area contributed by atoms with Crippen molar-refractivity contribution in [3.8, 4) is 5.75 Å². The van der Waals surface area contributed by atoms with Gasteiger partial charge in [0, 0.05) is 11.5 Å². The molecule has 0 radical (unpaired) electrons. The maximum atomic E-state index is 12.6. The van der Waals surface area contributed by atoms with Gasteiger partial charge in [-0.05, 0) is 13.0 Å². The molecule has 5 heteroatoms. The van der Waals surface area contributed by atoms with E-state index in [1.54, 1.807) is 26.0 Å². The van der Waals surface area contributed by atoms with Gasteiger partial charge in [0.25, 0.3) is 0 Å². The van der Waals surface area contributed by atoms with Gasteiger partial charge in [0.2, 0.25) is 0 Å². The van der Waals surface area contributed by atoms with Gasteiger partial charge in [-0.2, -0.15) is 0 Å². The van der Waals surface area contributed by atoms with Crippen LogP contribution in [0.15, 0.2) is 18.2 Å². The van der Waals surface area contributed by atoms with E-state index < -0.39 is 17.5 Å². The molecule has 88 valence electrons. The van der Waals surface area contributed by atoms with Gasteiger partial charge in [0.1, 0.15) is 0 Å². The molecule has 0 aliphatic carbocycles. The molecule has 0 aliphatic rings. The number of nitrogens with zero attached hydrogens (tertiary/aromatic N) is 1. The SMILES string of the molecule is CCOc1cccc(C(C)CF)c1[N+](=O)[O-]. The lowest BCUT2D eigenvalue weighted by Crippen LogP contribution is -2.04. The standard InChI is InChI=1S/C11H14FNO3/c1-3-16-10-6-4-5-9(8(2)7-12)11(10)13(14)15/h4-6,8H,3,7H2,1-2H3. The number of halogens is 1. The van der Waals surface area contributed by atoms with E-state index in [0.29, 0.717) is 12.2 Å². The number of rotatable bonds is 5. The Hall–Kier alpha value is -1.65. The summed E-state index contributed by atoms with van der Waals surface area (Å²) in [6, 6.07) is 4.72. The van der Waals surface area contributed by atoms with Crippen LogP contribution in [0.25, 0.3) is 0 Å². The zero-order valence-corrected chi connectivity index (χ0v) is 9.27. The van der Waals surface area contributed by atoms with E-state index >= 15 is 0 Å². The first-order valence-corrected chi connectivity index (χ1v) is 5.07. The molecule has 16 heavy (non-hydrogen) atoms. The van der Waals surface area contributed by atoms with Crippen LogP contribution in [0.2, 0.25) is 0 Å². The van der Waals surface area contributed by atoms with E-state index in [1.165, 1.54) is 6.07 Å². The van der Waals surface area contributed by atoms with E-state index in [0.717, 1.165) is 0 Å². The van der Waals surface area contributed by atoms with Crippen molar-refractivity contribution >= 4 is 5.69 Å². The minimum absolute atomic E-state index is 0.130. The highest BCUT2D eigenvalue weighted by molar-refractivity contribution is 5.54. The van der Waals surface area contributed by atoms with Crippen LogP contribution >= 0.6 is 0 Å². The highest BCUT2D eigenvalue weighted by atomic mass is 19.1. The zero-order valence-electron chi connectivity index (χ0n) is 9.27. The van der Waals surface area contributed by atoms with Crippen molar-refractivity contribution in [3.63, 3.8) is 0 Å². The van der Waals surface area contributed by atoms with Crippen LogP contribution in [-0.4, -0.2) is 18.2 Å². The summed E-state index contributed by atoms with van der Waals surface area (Å²) in [5, 5.41) is 10.9. The fourth-order valence-corrected chi connectivity index (χ4v) is 1.49. The summed E-state index contributed by atoms with van der Waals surface area (Å²) in [7, 11) is 0. The lowest BCUT2D eigenvalue weighted by atomic mass is 10.00. The van der Waals surface area contributed by atoms with E-state index in [9.17, 15) is 14.5 Å². The van der Waals surface area contributed by atoms with Crippen molar-refractivity contribution in [2.75, 3.05) is 13.3 Å². The molecular formula is C11H14FNO3. The molecule has 0 aliphatic heterocycles. The third-order valence-corrected chi connectivity index (χ3v) is 2.27. The van der Waals surface area contributed by atoms with E-state index in [4.69, 9.17) is 4.74 Å². The lowest BCUT2D eigenvalue weighted by molar-refractivity contribution is -0.386. The first-order chi connectivity index (χ1) is 7.61. The molecule has 0 spiro atoms. The molecule has 1 unspecified atom stereocenters. The molecule has 4 nitrogen and oxygen atoms in total. The Morgan fingerprint density at radius 3 is 2.75 bits per heavy atom. The number of hydrogen-bond donors (Lipinski definition) is 0. The summed E-state index contributed by atoms with van der Waals surface area (Å²) in [6.07, 6.45) is 0. The molecular weight excluding hydrogens is 213 g/mol. The van der Waals surface area contributed by atoms with Gasteiger partial charge in [-0.15, -0.1) is 0 Å². The molecule has 0 amide bonds. The largest absolute Gasteiger partial charge is 0.487 e. The number of alkyl halides is 1. The van der Waals surface area contributed by atoms with Crippen LogP contribution in [-0.2, 0) is 0 Å². The Kier molecular flexibility index (Phi) is 4.22. The topological polar surface area (TPSA) is 52.4 Å². The summed E-state index contributed by atoms with van der Waals surface area (Å²) in [6.45, 7) is 3.07. The van der Waals surface area contributed by atoms with Crippen molar-refractivity contribution < 1.29 is 14.1 Å². The Balaban J connectivity index is 3.26. The maximum absolute atomic E-state index is 12.6. The molecule has 0 fully saturated rings. The van der Waals surface area contributed by atoms with Gasteiger partial charge in [0.05, 0.1) is 18.2 Å². The quantitative estimate of drug-likeness (QED) is 0.573. The van der Waals surface area contributed by atoms with Crippen LogP contribution in [0.1, 0.15) is 25.3 Å². The van der Waals surface area contributed by atoms with Crippen molar-refractivity contribution in [3.05, 3.63) is 33.9 Å². The van der Waals surface area contributed by atoms with Gasteiger partial charge in [-0.1, -0.05) is 19.1 Å². The number of benzene rings is 1. The summed E-state index contributed by atoms with van der Waals surface area (Å²) in [4.78, 5) is 10.4. The van der Waals surface area contributed by atoms with Crippen LogP contribution in [0.3, 0.4) is 0 Å². The van der Waals surface area contributed by atoms with Gasteiger partial charge in [-0.25, -0.2) is 0 Å².